The molecule has 25 heavy (non-hydrogen) atoms. The first-order chi connectivity index (χ1) is 12.2. The molecule has 126 valence electrons. The average Bonchev–Trinajstić information content (AvgIpc) is 3.39. The van der Waals surface area contributed by atoms with Crippen molar-refractivity contribution in [1.82, 2.24) is 4.68 Å². The van der Waals surface area contributed by atoms with Crippen LogP contribution >= 0.6 is 11.3 Å². The molecule has 1 aliphatic rings. The summed E-state index contributed by atoms with van der Waals surface area (Å²) in [5, 5.41) is 25.7. The van der Waals surface area contributed by atoms with E-state index in [9.17, 15) is 10.2 Å². The topological polar surface area (TPSA) is 70.1 Å². The van der Waals surface area contributed by atoms with Crippen molar-refractivity contribution in [3.63, 3.8) is 0 Å². The third kappa shape index (κ3) is 3.49. The normalized spacial score (nSPS) is 15.1. The second kappa shape index (κ2) is 6.57. The lowest BCUT2D eigenvalue weighted by atomic mass is 10.2. The van der Waals surface area contributed by atoms with Gasteiger partial charge in [0.25, 0.3) is 0 Å². The highest BCUT2D eigenvalue weighted by Crippen LogP contribution is 2.40. The zero-order valence-electron chi connectivity index (χ0n) is 13.4. The summed E-state index contributed by atoms with van der Waals surface area (Å²) in [6.45, 7) is 0. The van der Waals surface area contributed by atoms with E-state index in [0.717, 1.165) is 10.5 Å². The Kier molecular flexibility index (Phi) is 4.11. The van der Waals surface area contributed by atoms with Crippen LogP contribution < -0.4 is 4.80 Å². The van der Waals surface area contributed by atoms with Crippen molar-refractivity contribution in [3.8, 4) is 11.5 Å². The summed E-state index contributed by atoms with van der Waals surface area (Å²) in [6.07, 6.45) is 4.02. The van der Waals surface area contributed by atoms with Gasteiger partial charge in [-0.1, -0.05) is 18.2 Å². The van der Waals surface area contributed by atoms with E-state index in [1.807, 2.05) is 35.0 Å². The van der Waals surface area contributed by atoms with Gasteiger partial charge in [-0.25, -0.2) is 9.67 Å². The summed E-state index contributed by atoms with van der Waals surface area (Å²) in [5.74, 6) is 0.246. The number of para-hydroxylation sites is 1. The van der Waals surface area contributed by atoms with Gasteiger partial charge in [-0.05, 0) is 48.7 Å². The van der Waals surface area contributed by atoms with Gasteiger partial charge in [-0.2, -0.15) is 5.10 Å². The molecule has 3 aromatic rings. The summed E-state index contributed by atoms with van der Waals surface area (Å²) >= 11 is 1.57. The van der Waals surface area contributed by atoms with Crippen LogP contribution in [0.15, 0.2) is 64.0 Å². The van der Waals surface area contributed by atoms with E-state index in [1.165, 1.54) is 30.7 Å². The number of benzene rings is 2. The quantitative estimate of drug-likeness (QED) is 0.552. The Morgan fingerprint density at radius 1 is 1.04 bits per heavy atom. The number of aromatic nitrogens is 1. The first-order valence-electron chi connectivity index (χ1n) is 8.07. The van der Waals surface area contributed by atoms with Gasteiger partial charge in [0.2, 0.25) is 4.80 Å². The van der Waals surface area contributed by atoms with E-state index >= 15 is 0 Å². The molecule has 2 N–H and O–H groups in total. The van der Waals surface area contributed by atoms with Crippen molar-refractivity contribution in [2.45, 2.75) is 18.8 Å². The fraction of sp³-hybridized carbons (Fsp3) is 0.158. The highest BCUT2D eigenvalue weighted by Gasteiger charge is 2.27. The predicted molar refractivity (Wildman–Crippen MR) is 98.7 cm³/mol. The monoisotopic (exact) mass is 351 g/mol. The molecule has 5 nitrogen and oxygen atoms in total. The van der Waals surface area contributed by atoms with Crippen molar-refractivity contribution in [1.29, 1.82) is 0 Å². The van der Waals surface area contributed by atoms with Gasteiger partial charge in [0, 0.05) is 11.3 Å². The second-order valence-electron chi connectivity index (χ2n) is 5.97. The van der Waals surface area contributed by atoms with Crippen LogP contribution in [0.1, 0.15) is 30.0 Å². The standard InChI is InChI=1S/C19H17N3O2S/c23-17-9-6-13(10-18(17)24)11-20-22-16(14-7-8-14)12-25-19(22)21-15-4-2-1-3-5-15/h1-6,9-12,14,23-24H,7-8H2/b20-11+,21-19-. The molecule has 0 atom stereocenters. The molecule has 1 heterocycles. The lowest BCUT2D eigenvalue weighted by molar-refractivity contribution is 0.403. The Hall–Kier alpha value is -2.86. The Bertz CT molecular complexity index is 985. The first-order valence-corrected chi connectivity index (χ1v) is 8.95. The van der Waals surface area contributed by atoms with Crippen LogP contribution in [-0.2, 0) is 0 Å². The van der Waals surface area contributed by atoms with Crippen molar-refractivity contribution in [2.24, 2.45) is 10.1 Å². The molecular formula is C19H17N3O2S. The predicted octanol–water partition coefficient (Wildman–Crippen LogP) is 3.95. The van der Waals surface area contributed by atoms with Gasteiger partial charge in [0.15, 0.2) is 11.5 Å². The second-order valence-corrected chi connectivity index (χ2v) is 6.81. The van der Waals surface area contributed by atoms with Crippen molar-refractivity contribution >= 4 is 23.2 Å². The van der Waals surface area contributed by atoms with Gasteiger partial charge < -0.3 is 10.2 Å². The molecule has 0 radical (unpaired) electrons. The van der Waals surface area contributed by atoms with Gasteiger partial charge >= 0.3 is 0 Å². The van der Waals surface area contributed by atoms with Crippen LogP contribution in [0, 0.1) is 0 Å². The van der Waals surface area contributed by atoms with E-state index in [4.69, 9.17) is 4.99 Å². The highest BCUT2D eigenvalue weighted by molar-refractivity contribution is 7.07. The van der Waals surface area contributed by atoms with Gasteiger partial charge in [0.1, 0.15) is 0 Å². The molecule has 6 heteroatoms. The number of phenols is 2. The number of rotatable bonds is 4. The number of thiazole rings is 1. The number of aromatic hydroxyl groups is 2. The van der Waals surface area contributed by atoms with Crippen LogP contribution in [0.25, 0.3) is 0 Å². The third-order valence-electron chi connectivity index (χ3n) is 4.01. The van der Waals surface area contributed by atoms with Gasteiger partial charge in [-0.15, -0.1) is 11.3 Å². The molecule has 1 aliphatic carbocycles. The molecule has 1 fully saturated rings. The Morgan fingerprint density at radius 2 is 1.84 bits per heavy atom. The van der Waals surface area contributed by atoms with Crippen LogP contribution in [-0.4, -0.2) is 21.1 Å². The number of hydrogen-bond acceptors (Lipinski definition) is 5. The number of phenolic OH excluding ortho intramolecular Hbond substituents is 2. The summed E-state index contributed by atoms with van der Waals surface area (Å²) in [7, 11) is 0. The molecule has 0 amide bonds. The minimum Gasteiger partial charge on any atom is -0.504 e. The molecule has 1 aromatic heterocycles. The van der Waals surface area contributed by atoms with Gasteiger partial charge in [0.05, 0.1) is 17.6 Å². The number of nitrogens with zero attached hydrogens (tertiary/aromatic N) is 3. The van der Waals surface area contributed by atoms with Crippen LogP contribution in [0.3, 0.4) is 0 Å². The third-order valence-corrected chi connectivity index (χ3v) is 4.84. The summed E-state index contributed by atoms with van der Waals surface area (Å²) in [4.78, 5) is 5.51. The van der Waals surface area contributed by atoms with Crippen LogP contribution in [0.2, 0.25) is 0 Å². The molecule has 0 spiro atoms. The fourth-order valence-electron chi connectivity index (χ4n) is 2.52. The summed E-state index contributed by atoms with van der Waals surface area (Å²) < 4.78 is 1.87. The molecule has 4 rings (SSSR count). The Balaban J connectivity index is 1.74. The Morgan fingerprint density at radius 3 is 2.56 bits per heavy atom. The zero-order chi connectivity index (χ0) is 17.2. The maximum atomic E-state index is 9.62. The minimum atomic E-state index is -0.157. The highest BCUT2D eigenvalue weighted by atomic mass is 32.1. The smallest absolute Gasteiger partial charge is 0.211 e. The fourth-order valence-corrected chi connectivity index (χ4v) is 3.45. The van der Waals surface area contributed by atoms with Crippen molar-refractivity contribution < 1.29 is 10.2 Å². The minimum absolute atomic E-state index is 0.140. The van der Waals surface area contributed by atoms with E-state index < -0.39 is 0 Å². The lowest BCUT2D eigenvalue weighted by Gasteiger charge is -2.02. The largest absolute Gasteiger partial charge is 0.504 e. The molecular weight excluding hydrogens is 334 g/mol. The van der Waals surface area contributed by atoms with E-state index in [2.05, 4.69) is 10.5 Å². The van der Waals surface area contributed by atoms with E-state index in [-0.39, 0.29) is 11.5 Å². The lowest BCUT2D eigenvalue weighted by Crippen LogP contribution is -2.12. The summed E-state index contributed by atoms with van der Waals surface area (Å²) in [5.41, 5.74) is 2.76. The molecule has 0 bridgehead atoms. The molecule has 0 unspecified atom stereocenters. The molecule has 0 saturated heterocycles. The maximum absolute atomic E-state index is 9.62. The van der Waals surface area contributed by atoms with Crippen molar-refractivity contribution in [2.75, 3.05) is 0 Å². The van der Waals surface area contributed by atoms with Crippen LogP contribution in [0.4, 0.5) is 5.69 Å². The molecule has 1 saturated carbocycles. The summed E-state index contributed by atoms with van der Waals surface area (Å²) in [6, 6.07) is 14.4. The molecule has 0 aliphatic heterocycles. The maximum Gasteiger partial charge on any atom is 0.211 e. The van der Waals surface area contributed by atoms with Gasteiger partial charge in [-0.3, -0.25) is 0 Å². The first kappa shape index (κ1) is 15.7. The van der Waals surface area contributed by atoms with E-state index in [1.54, 1.807) is 23.6 Å². The van der Waals surface area contributed by atoms with Crippen molar-refractivity contribution in [3.05, 3.63) is 70.0 Å². The zero-order valence-corrected chi connectivity index (χ0v) is 14.2. The number of hydrogen-bond donors (Lipinski definition) is 2. The van der Waals surface area contributed by atoms with Crippen LogP contribution in [0.5, 0.6) is 11.5 Å². The average molecular weight is 351 g/mol. The SMILES string of the molecule is Oc1ccc(/C=N/n2c(C3CC3)cs/c2=N\c2ccccc2)cc1O. The van der Waals surface area contributed by atoms with E-state index in [0.29, 0.717) is 11.5 Å². The molecule has 2 aromatic carbocycles. The Labute approximate surface area is 148 Å².